The summed E-state index contributed by atoms with van der Waals surface area (Å²) >= 11 is 0. The average Bonchev–Trinajstić information content (AvgIpc) is 3.23. The molecule has 24 heavy (non-hydrogen) atoms. The SMILES string of the molecule is O=C(NC[C@H]1CCCO1)c1ccc(COc2ccc(F)cc2F)o1. The summed E-state index contributed by atoms with van der Waals surface area (Å²) in [6.45, 7) is 1.09. The molecule has 1 aromatic heterocycles. The summed E-state index contributed by atoms with van der Waals surface area (Å²) < 4.78 is 42.3. The van der Waals surface area contributed by atoms with Crippen LogP contribution in [0.2, 0.25) is 0 Å². The molecule has 1 atom stereocenters. The standard InChI is InChI=1S/C17H17F2NO4/c18-11-3-5-15(14(19)8-11)23-10-13-4-6-16(24-13)17(21)20-9-12-2-1-7-22-12/h3-6,8,12H,1-2,7,9-10H2,(H,20,21)/t12-/m1/s1. The van der Waals surface area contributed by atoms with Gasteiger partial charge in [0, 0.05) is 19.2 Å². The Morgan fingerprint density at radius 2 is 2.17 bits per heavy atom. The predicted octanol–water partition coefficient (Wildman–Crippen LogP) is 3.05. The molecule has 5 nitrogen and oxygen atoms in total. The normalized spacial score (nSPS) is 17.0. The third kappa shape index (κ3) is 4.11. The van der Waals surface area contributed by atoms with E-state index in [9.17, 15) is 13.6 Å². The highest BCUT2D eigenvalue weighted by atomic mass is 19.1. The summed E-state index contributed by atoms with van der Waals surface area (Å²) in [6, 6.07) is 6.13. The number of benzene rings is 1. The fraction of sp³-hybridized carbons (Fsp3) is 0.353. The molecule has 1 saturated heterocycles. The van der Waals surface area contributed by atoms with E-state index in [1.54, 1.807) is 6.07 Å². The van der Waals surface area contributed by atoms with Gasteiger partial charge in [0.2, 0.25) is 0 Å². The van der Waals surface area contributed by atoms with Gasteiger partial charge in [-0.2, -0.15) is 0 Å². The lowest BCUT2D eigenvalue weighted by molar-refractivity contribution is 0.0832. The molecule has 1 N–H and O–H groups in total. The molecule has 128 valence electrons. The van der Waals surface area contributed by atoms with Gasteiger partial charge in [-0.1, -0.05) is 0 Å². The minimum Gasteiger partial charge on any atom is -0.483 e. The van der Waals surface area contributed by atoms with Crippen molar-refractivity contribution < 1.29 is 27.5 Å². The quantitative estimate of drug-likeness (QED) is 0.880. The molecule has 2 aromatic rings. The molecule has 1 fully saturated rings. The molecule has 0 saturated carbocycles. The van der Waals surface area contributed by atoms with Crippen LogP contribution in [-0.2, 0) is 11.3 Å². The molecule has 1 amide bonds. The molecule has 1 aromatic carbocycles. The molecule has 0 radical (unpaired) electrons. The van der Waals surface area contributed by atoms with Crippen LogP contribution in [0.1, 0.15) is 29.2 Å². The summed E-state index contributed by atoms with van der Waals surface area (Å²) in [6.07, 6.45) is 1.98. The van der Waals surface area contributed by atoms with E-state index in [1.807, 2.05) is 0 Å². The van der Waals surface area contributed by atoms with Crippen molar-refractivity contribution in [1.29, 1.82) is 0 Å². The van der Waals surface area contributed by atoms with E-state index in [0.717, 1.165) is 31.6 Å². The van der Waals surface area contributed by atoms with Crippen LogP contribution in [0.15, 0.2) is 34.7 Å². The summed E-state index contributed by atoms with van der Waals surface area (Å²) in [5, 5.41) is 2.74. The molecule has 3 rings (SSSR count). The maximum atomic E-state index is 13.5. The smallest absolute Gasteiger partial charge is 0.287 e. The number of nitrogens with one attached hydrogen (secondary N) is 1. The van der Waals surface area contributed by atoms with Crippen molar-refractivity contribution in [3.05, 3.63) is 53.5 Å². The number of hydrogen-bond donors (Lipinski definition) is 1. The molecule has 0 unspecified atom stereocenters. The molecular weight excluding hydrogens is 320 g/mol. The maximum absolute atomic E-state index is 13.5. The van der Waals surface area contributed by atoms with Gasteiger partial charge >= 0.3 is 0 Å². The zero-order chi connectivity index (χ0) is 16.9. The highest BCUT2D eigenvalue weighted by Crippen LogP contribution is 2.19. The first-order valence-corrected chi connectivity index (χ1v) is 7.68. The lowest BCUT2D eigenvalue weighted by Gasteiger charge is -2.09. The van der Waals surface area contributed by atoms with Crippen LogP contribution in [0.3, 0.4) is 0 Å². The highest BCUT2D eigenvalue weighted by molar-refractivity contribution is 5.91. The highest BCUT2D eigenvalue weighted by Gasteiger charge is 2.18. The first-order chi connectivity index (χ1) is 11.6. The van der Waals surface area contributed by atoms with E-state index < -0.39 is 11.6 Å². The summed E-state index contributed by atoms with van der Waals surface area (Å²) in [5.74, 6) is -1.40. The van der Waals surface area contributed by atoms with Crippen molar-refractivity contribution in [3.63, 3.8) is 0 Å². The van der Waals surface area contributed by atoms with Crippen molar-refractivity contribution >= 4 is 5.91 Å². The van der Waals surface area contributed by atoms with Gasteiger partial charge in [0.1, 0.15) is 18.2 Å². The fourth-order valence-corrected chi connectivity index (χ4v) is 2.42. The second-order valence-electron chi connectivity index (χ2n) is 5.47. The second-order valence-corrected chi connectivity index (χ2v) is 5.47. The topological polar surface area (TPSA) is 60.7 Å². The van der Waals surface area contributed by atoms with Crippen molar-refractivity contribution in [2.45, 2.75) is 25.6 Å². The molecule has 1 aliphatic heterocycles. The van der Waals surface area contributed by atoms with Crippen LogP contribution < -0.4 is 10.1 Å². The summed E-state index contributed by atoms with van der Waals surface area (Å²) in [4.78, 5) is 12.0. The van der Waals surface area contributed by atoms with Crippen molar-refractivity contribution in [2.24, 2.45) is 0 Å². The van der Waals surface area contributed by atoms with E-state index in [1.165, 1.54) is 12.1 Å². The summed E-state index contributed by atoms with van der Waals surface area (Å²) in [5.41, 5.74) is 0. The van der Waals surface area contributed by atoms with E-state index in [-0.39, 0.29) is 30.1 Å². The van der Waals surface area contributed by atoms with E-state index in [4.69, 9.17) is 13.9 Å². The van der Waals surface area contributed by atoms with Crippen molar-refractivity contribution in [2.75, 3.05) is 13.2 Å². The van der Waals surface area contributed by atoms with Crippen LogP contribution in [0.4, 0.5) is 8.78 Å². The number of hydrogen-bond acceptors (Lipinski definition) is 4. The molecule has 1 aliphatic rings. The Labute approximate surface area is 137 Å². The largest absolute Gasteiger partial charge is 0.483 e. The number of amides is 1. The van der Waals surface area contributed by atoms with Crippen molar-refractivity contribution in [1.82, 2.24) is 5.32 Å². The minimum absolute atomic E-state index is 0.0492. The van der Waals surface area contributed by atoms with Gasteiger partial charge < -0.3 is 19.2 Å². The van der Waals surface area contributed by atoms with Gasteiger partial charge in [-0.3, -0.25) is 4.79 Å². The van der Waals surface area contributed by atoms with E-state index in [0.29, 0.717) is 12.3 Å². The molecular formula is C17H17F2NO4. The van der Waals surface area contributed by atoms with Crippen LogP contribution >= 0.6 is 0 Å². The molecule has 0 bridgehead atoms. The third-order valence-corrected chi connectivity index (χ3v) is 3.66. The summed E-state index contributed by atoms with van der Waals surface area (Å²) in [7, 11) is 0. The van der Waals surface area contributed by atoms with Gasteiger partial charge in [-0.25, -0.2) is 8.78 Å². The maximum Gasteiger partial charge on any atom is 0.287 e. The number of carbonyl (C=O) groups is 1. The third-order valence-electron chi connectivity index (χ3n) is 3.66. The lowest BCUT2D eigenvalue weighted by atomic mass is 10.2. The Kier molecular flexibility index (Phi) is 5.10. The first-order valence-electron chi connectivity index (χ1n) is 7.68. The molecule has 0 aliphatic carbocycles. The van der Waals surface area contributed by atoms with Gasteiger partial charge in [0.25, 0.3) is 5.91 Å². The van der Waals surface area contributed by atoms with Crippen LogP contribution in [0.5, 0.6) is 5.75 Å². The van der Waals surface area contributed by atoms with Crippen LogP contribution in [0, 0.1) is 11.6 Å². The first kappa shape index (κ1) is 16.4. The number of ether oxygens (including phenoxy) is 2. The van der Waals surface area contributed by atoms with Gasteiger partial charge in [0.05, 0.1) is 6.10 Å². The Balaban J connectivity index is 1.51. The zero-order valence-electron chi connectivity index (χ0n) is 12.9. The van der Waals surface area contributed by atoms with E-state index in [2.05, 4.69) is 5.32 Å². The van der Waals surface area contributed by atoms with Crippen LogP contribution in [0.25, 0.3) is 0 Å². The fourth-order valence-electron chi connectivity index (χ4n) is 2.42. The lowest BCUT2D eigenvalue weighted by Crippen LogP contribution is -2.31. The van der Waals surface area contributed by atoms with Gasteiger partial charge in [0.15, 0.2) is 17.3 Å². The molecule has 7 heteroatoms. The Morgan fingerprint density at radius 3 is 2.92 bits per heavy atom. The number of halogens is 2. The number of rotatable bonds is 6. The number of carbonyl (C=O) groups excluding carboxylic acids is 1. The molecule has 2 heterocycles. The van der Waals surface area contributed by atoms with E-state index >= 15 is 0 Å². The predicted molar refractivity (Wildman–Crippen MR) is 80.7 cm³/mol. The van der Waals surface area contributed by atoms with Gasteiger partial charge in [-0.05, 0) is 37.1 Å². The minimum atomic E-state index is -0.795. The number of furan rings is 1. The van der Waals surface area contributed by atoms with Crippen molar-refractivity contribution in [3.8, 4) is 5.75 Å². The Hall–Kier alpha value is -2.41. The Bertz CT molecular complexity index is 710. The molecule has 0 spiro atoms. The average molecular weight is 337 g/mol. The van der Waals surface area contributed by atoms with Gasteiger partial charge in [-0.15, -0.1) is 0 Å². The van der Waals surface area contributed by atoms with Crippen LogP contribution in [-0.4, -0.2) is 25.2 Å². The second kappa shape index (κ2) is 7.44. The monoisotopic (exact) mass is 337 g/mol. The zero-order valence-corrected chi connectivity index (χ0v) is 12.9. The Morgan fingerprint density at radius 1 is 1.29 bits per heavy atom.